The zero-order chi connectivity index (χ0) is 19.6. The highest BCUT2D eigenvalue weighted by atomic mass is 19.1. The number of hydrogen-bond donors (Lipinski definition) is 2. The van der Waals surface area contributed by atoms with E-state index in [0.717, 1.165) is 11.3 Å². The number of hydrogen-bond acceptors (Lipinski definition) is 4. The minimum Gasteiger partial charge on any atom is -0.476 e. The van der Waals surface area contributed by atoms with Crippen molar-refractivity contribution in [2.75, 3.05) is 5.32 Å². The molecule has 140 valence electrons. The lowest BCUT2D eigenvalue weighted by molar-refractivity contribution is -0.116. The fourth-order valence-electron chi connectivity index (χ4n) is 2.68. The van der Waals surface area contributed by atoms with Gasteiger partial charge in [0.1, 0.15) is 12.4 Å². The van der Waals surface area contributed by atoms with E-state index in [1.807, 2.05) is 6.92 Å². The summed E-state index contributed by atoms with van der Waals surface area (Å²) in [7, 11) is 0. The van der Waals surface area contributed by atoms with E-state index in [0.29, 0.717) is 17.9 Å². The third kappa shape index (κ3) is 4.20. The van der Waals surface area contributed by atoms with Crippen molar-refractivity contribution in [1.29, 1.82) is 0 Å². The predicted molar refractivity (Wildman–Crippen MR) is 95.0 cm³/mol. The van der Waals surface area contributed by atoms with Gasteiger partial charge in [0.2, 0.25) is 5.91 Å². The van der Waals surface area contributed by atoms with Gasteiger partial charge in [0, 0.05) is 6.20 Å². The van der Waals surface area contributed by atoms with Crippen LogP contribution in [0, 0.1) is 19.7 Å². The molecular weight excluding hydrogens is 353 g/mol. The predicted octanol–water partition coefficient (Wildman–Crippen LogP) is 2.22. The molecule has 0 bridgehead atoms. The van der Waals surface area contributed by atoms with Crippen LogP contribution in [0.15, 0.2) is 36.5 Å². The summed E-state index contributed by atoms with van der Waals surface area (Å²) in [6.45, 7) is 3.94. The molecule has 0 spiro atoms. The number of carbonyl (C=O) groups excluding carboxylic acids is 1. The van der Waals surface area contributed by atoms with Gasteiger partial charge >= 0.3 is 5.97 Å². The second-order valence-corrected chi connectivity index (χ2v) is 6.08. The number of nitrogens with one attached hydrogen (secondary N) is 1. The molecule has 3 rings (SSSR count). The maximum Gasteiger partial charge on any atom is 0.356 e. The summed E-state index contributed by atoms with van der Waals surface area (Å²) in [6.07, 6.45) is 1.43. The van der Waals surface area contributed by atoms with E-state index in [4.69, 9.17) is 5.11 Å². The Kier molecular flexibility index (Phi) is 5.02. The Labute approximate surface area is 154 Å². The van der Waals surface area contributed by atoms with Crippen LogP contribution < -0.4 is 5.32 Å². The van der Waals surface area contributed by atoms with Crippen molar-refractivity contribution in [3.63, 3.8) is 0 Å². The minimum absolute atomic E-state index is 0.116. The number of aromatic nitrogens is 4. The molecule has 0 unspecified atom stereocenters. The lowest BCUT2D eigenvalue weighted by atomic mass is 10.2. The standard InChI is InChI=1S/C18H18FN5O3/c1-11-17(20-16(25)10-23-8-7-15(22-23)18(26)27)12(2)24(21-11)9-13-3-5-14(19)6-4-13/h3-8H,9-10H2,1-2H3,(H,20,25)(H,26,27). The molecule has 2 heterocycles. The van der Waals surface area contributed by atoms with Crippen molar-refractivity contribution in [3.8, 4) is 0 Å². The van der Waals surface area contributed by atoms with Gasteiger partial charge in [0.05, 0.1) is 23.6 Å². The first kappa shape index (κ1) is 18.3. The van der Waals surface area contributed by atoms with Gasteiger partial charge in [-0.15, -0.1) is 0 Å². The lowest BCUT2D eigenvalue weighted by Crippen LogP contribution is -2.20. The molecule has 0 aliphatic carbocycles. The number of aromatic carboxylic acids is 1. The first-order valence-corrected chi connectivity index (χ1v) is 8.18. The summed E-state index contributed by atoms with van der Waals surface area (Å²) in [4.78, 5) is 23.1. The first-order valence-electron chi connectivity index (χ1n) is 8.18. The van der Waals surface area contributed by atoms with Crippen LogP contribution in [-0.4, -0.2) is 36.5 Å². The monoisotopic (exact) mass is 371 g/mol. The Morgan fingerprint density at radius 2 is 1.85 bits per heavy atom. The molecular formula is C18H18FN5O3. The maximum atomic E-state index is 13.0. The first-order chi connectivity index (χ1) is 12.8. The topological polar surface area (TPSA) is 102 Å². The van der Waals surface area contributed by atoms with Crippen LogP contribution in [0.2, 0.25) is 0 Å². The summed E-state index contributed by atoms with van der Waals surface area (Å²) in [5.74, 6) is -1.80. The van der Waals surface area contributed by atoms with Crippen molar-refractivity contribution in [2.45, 2.75) is 26.9 Å². The van der Waals surface area contributed by atoms with Crippen molar-refractivity contribution in [2.24, 2.45) is 0 Å². The Morgan fingerprint density at radius 3 is 2.48 bits per heavy atom. The van der Waals surface area contributed by atoms with Gasteiger partial charge in [-0.2, -0.15) is 10.2 Å². The number of amides is 1. The molecule has 0 saturated heterocycles. The molecule has 2 N–H and O–H groups in total. The molecule has 8 nitrogen and oxygen atoms in total. The van der Waals surface area contributed by atoms with Crippen LogP contribution in [0.5, 0.6) is 0 Å². The third-order valence-corrected chi connectivity index (χ3v) is 4.06. The third-order valence-electron chi connectivity index (χ3n) is 4.06. The van der Waals surface area contributed by atoms with Crippen LogP contribution in [0.3, 0.4) is 0 Å². The highest BCUT2D eigenvalue weighted by molar-refractivity contribution is 5.91. The van der Waals surface area contributed by atoms with Gasteiger partial charge in [-0.1, -0.05) is 12.1 Å². The molecule has 1 amide bonds. The number of nitrogens with zero attached hydrogens (tertiary/aromatic N) is 4. The molecule has 0 radical (unpaired) electrons. The highest BCUT2D eigenvalue weighted by Gasteiger charge is 2.16. The zero-order valence-corrected chi connectivity index (χ0v) is 14.8. The van der Waals surface area contributed by atoms with E-state index < -0.39 is 5.97 Å². The molecule has 0 aliphatic rings. The molecule has 2 aromatic heterocycles. The van der Waals surface area contributed by atoms with Gasteiger partial charge in [-0.25, -0.2) is 9.18 Å². The largest absolute Gasteiger partial charge is 0.476 e. The Morgan fingerprint density at radius 1 is 1.15 bits per heavy atom. The fourth-order valence-corrected chi connectivity index (χ4v) is 2.68. The number of halogens is 1. The van der Waals surface area contributed by atoms with Gasteiger partial charge in [-0.3, -0.25) is 14.2 Å². The summed E-state index contributed by atoms with van der Waals surface area (Å²) in [6, 6.07) is 7.47. The molecule has 0 aliphatic heterocycles. The van der Waals surface area contributed by atoms with Crippen LogP contribution in [-0.2, 0) is 17.9 Å². The number of rotatable bonds is 6. The number of carboxylic acid groups (broad SMARTS) is 1. The number of carbonyl (C=O) groups is 2. The summed E-state index contributed by atoms with van der Waals surface area (Å²) in [5, 5.41) is 19.9. The maximum absolute atomic E-state index is 13.0. The van der Waals surface area contributed by atoms with Crippen molar-refractivity contribution < 1.29 is 19.1 Å². The molecule has 9 heteroatoms. The number of carboxylic acids is 1. The van der Waals surface area contributed by atoms with E-state index in [-0.39, 0.29) is 24.0 Å². The van der Waals surface area contributed by atoms with E-state index in [2.05, 4.69) is 15.5 Å². The van der Waals surface area contributed by atoms with Gasteiger partial charge < -0.3 is 10.4 Å². The molecule has 1 aromatic carbocycles. The average Bonchev–Trinajstić information content (AvgIpc) is 3.18. The van der Waals surface area contributed by atoms with Gasteiger partial charge in [-0.05, 0) is 37.6 Å². The van der Waals surface area contributed by atoms with Crippen molar-refractivity contribution >= 4 is 17.6 Å². The van der Waals surface area contributed by atoms with E-state index >= 15 is 0 Å². The van der Waals surface area contributed by atoms with Crippen molar-refractivity contribution in [1.82, 2.24) is 19.6 Å². The van der Waals surface area contributed by atoms with E-state index in [9.17, 15) is 14.0 Å². The molecule has 0 saturated carbocycles. The smallest absolute Gasteiger partial charge is 0.356 e. The van der Waals surface area contributed by atoms with Gasteiger partial charge in [0.25, 0.3) is 0 Å². The molecule has 0 atom stereocenters. The van der Waals surface area contributed by atoms with E-state index in [1.165, 1.54) is 29.1 Å². The minimum atomic E-state index is -1.15. The van der Waals surface area contributed by atoms with Crippen LogP contribution in [0.4, 0.5) is 10.1 Å². The second kappa shape index (κ2) is 7.40. The zero-order valence-electron chi connectivity index (χ0n) is 14.8. The lowest BCUT2D eigenvalue weighted by Gasteiger charge is -2.07. The number of benzene rings is 1. The highest BCUT2D eigenvalue weighted by Crippen LogP contribution is 2.20. The SMILES string of the molecule is Cc1nn(Cc2ccc(F)cc2)c(C)c1NC(=O)Cn1ccc(C(=O)O)n1. The van der Waals surface area contributed by atoms with Crippen LogP contribution in [0.1, 0.15) is 27.4 Å². The van der Waals surface area contributed by atoms with Gasteiger partial charge in [0.15, 0.2) is 5.69 Å². The normalized spacial score (nSPS) is 10.8. The van der Waals surface area contributed by atoms with Crippen LogP contribution in [0.25, 0.3) is 0 Å². The Bertz CT molecular complexity index is 991. The Balaban J connectivity index is 1.70. The molecule has 3 aromatic rings. The van der Waals surface area contributed by atoms with Crippen molar-refractivity contribution in [3.05, 3.63) is 65.0 Å². The second-order valence-electron chi connectivity index (χ2n) is 6.08. The number of aryl methyl sites for hydroxylation is 1. The summed E-state index contributed by atoms with van der Waals surface area (Å²) < 4.78 is 16.0. The summed E-state index contributed by atoms with van der Waals surface area (Å²) >= 11 is 0. The molecule has 27 heavy (non-hydrogen) atoms. The number of anilines is 1. The molecule has 0 fully saturated rings. The Hall–Kier alpha value is -3.49. The van der Waals surface area contributed by atoms with E-state index in [1.54, 1.807) is 23.7 Å². The quantitative estimate of drug-likeness (QED) is 0.692. The fraction of sp³-hybridized carbons (Fsp3) is 0.222. The summed E-state index contributed by atoms with van der Waals surface area (Å²) in [5.41, 5.74) is 2.76. The van der Waals surface area contributed by atoms with Crippen LogP contribution >= 0.6 is 0 Å². The average molecular weight is 371 g/mol.